The summed E-state index contributed by atoms with van der Waals surface area (Å²) in [5, 5.41) is 8.65. The van der Waals surface area contributed by atoms with Crippen molar-refractivity contribution in [1.29, 1.82) is 0 Å². The van der Waals surface area contributed by atoms with Gasteiger partial charge < -0.3 is 5.11 Å². The Bertz CT molecular complexity index is 183. The van der Waals surface area contributed by atoms with E-state index in [1.807, 2.05) is 6.92 Å². The number of aliphatic carboxylic acids is 1. The highest BCUT2D eigenvalue weighted by Gasteiger charge is 2.38. The zero-order valence-corrected chi connectivity index (χ0v) is 6.92. The molecule has 0 aliphatic heterocycles. The van der Waals surface area contributed by atoms with Gasteiger partial charge in [-0.1, -0.05) is 13.3 Å². The molecule has 0 radical (unpaired) electrons. The first kappa shape index (κ1) is 9.96. The summed E-state index contributed by atoms with van der Waals surface area (Å²) in [5.74, 6) is -1.01. The van der Waals surface area contributed by atoms with Crippen LogP contribution in [0.5, 0.6) is 0 Å². The molecule has 0 aliphatic rings. The zero-order valence-electron chi connectivity index (χ0n) is 6.92. The minimum Gasteiger partial charge on any atom is -0.475 e. The molecule has 0 aliphatic carbocycles. The largest absolute Gasteiger partial charge is 0.475 e. The number of rotatable bonds is 4. The Morgan fingerprint density at radius 2 is 2.27 bits per heavy atom. The van der Waals surface area contributed by atoms with Gasteiger partial charge in [-0.2, -0.15) is 0 Å². The molecule has 1 N–H and O–H groups in total. The van der Waals surface area contributed by atoms with Crippen molar-refractivity contribution >= 4 is 5.97 Å². The van der Waals surface area contributed by atoms with Crippen LogP contribution < -0.4 is 0 Å². The van der Waals surface area contributed by atoms with E-state index in [9.17, 15) is 4.79 Å². The van der Waals surface area contributed by atoms with Crippen molar-refractivity contribution in [1.82, 2.24) is 0 Å². The molecule has 0 aromatic heterocycles. The molecule has 3 nitrogen and oxygen atoms in total. The van der Waals surface area contributed by atoms with Gasteiger partial charge in [-0.15, -0.1) is 0 Å². The molecular weight excluding hydrogens is 142 g/mol. The molecule has 0 aromatic carbocycles. The maximum Gasteiger partial charge on any atom is 0.390 e. The van der Waals surface area contributed by atoms with Gasteiger partial charge in [0.1, 0.15) is 0 Å². The van der Waals surface area contributed by atoms with E-state index in [1.165, 1.54) is 6.92 Å². The van der Waals surface area contributed by atoms with Gasteiger partial charge in [0.25, 0.3) is 0 Å². The van der Waals surface area contributed by atoms with Crippen LogP contribution in [0.15, 0.2) is 0 Å². The van der Waals surface area contributed by atoms with E-state index in [-0.39, 0.29) is 0 Å². The van der Waals surface area contributed by atoms with Crippen molar-refractivity contribution in [2.24, 2.45) is 0 Å². The van der Waals surface area contributed by atoms with Crippen molar-refractivity contribution in [3.63, 3.8) is 0 Å². The van der Waals surface area contributed by atoms with Crippen molar-refractivity contribution in [3.05, 3.63) is 11.4 Å². The maximum absolute atomic E-state index is 10.5. The Morgan fingerprint density at radius 3 is 2.55 bits per heavy atom. The third-order valence-corrected chi connectivity index (χ3v) is 1.72. The van der Waals surface area contributed by atoms with Gasteiger partial charge in [-0.05, 0) is 6.42 Å². The number of hydrogen-bond acceptors (Lipinski definition) is 1. The molecule has 0 spiro atoms. The number of carboxylic acid groups (broad SMARTS) is 1. The second kappa shape index (κ2) is 3.97. The van der Waals surface area contributed by atoms with E-state index in [2.05, 4.69) is 4.85 Å². The third-order valence-electron chi connectivity index (χ3n) is 1.72. The quantitative estimate of drug-likeness (QED) is 0.630. The van der Waals surface area contributed by atoms with E-state index in [0.717, 1.165) is 12.8 Å². The number of hydrogen-bond donors (Lipinski definition) is 1. The summed E-state index contributed by atoms with van der Waals surface area (Å²) in [5.41, 5.74) is -1.20. The Morgan fingerprint density at radius 1 is 1.73 bits per heavy atom. The molecule has 11 heavy (non-hydrogen) atoms. The van der Waals surface area contributed by atoms with Crippen LogP contribution in [0.2, 0.25) is 0 Å². The predicted octanol–water partition coefficient (Wildman–Crippen LogP) is 1.94. The van der Waals surface area contributed by atoms with Crippen LogP contribution in [0.3, 0.4) is 0 Å². The van der Waals surface area contributed by atoms with E-state index >= 15 is 0 Å². The van der Waals surface area contributed by atoms with Crippen LogP contribution in [-0.2, 0) is 4.79 Å². The standard InChI is InChI=1S/C8H13NO2/c1-4-5-6-8(2,9-3)7(10)11/h4-6H2,1-2H3,(H,10,11). The maximum atomic E-state index is 10.5. The summed E-state index contributed by atoms with van der Waals surface area (Å²) in [6.07, 6.45) is 2.17. The summed E-state index contributed by atoms with van der Waals surface area (Å²) in [4.78, 5) is 13.7. The van der Waals surface area contributed by atoms with E-state index in [4.69, 9.17) is 11.7 Å². The van der Waals surface area contributed by atoms with Gasteiger partial charge in [0.2, 0.25) is 0 Å². The first-order valence-corrected chi connectivity index (χ1v) is 3.69. The lowest BCUT2D eigenvalue weighted by Crippen LogP contribution is -2.30. The smallest absolute Gasteiger partial charge is 0.390 e. The average Bonchev–Trinajstić information content (AvgIpc) is 2.00. The highest BCUT2D eigenvalue weighted by atomic mass is 16.4. The lowest BCUT2D eigenvalue weighted by molar-refractivity contribution is -0.141. The number of nitrogens with zero attached hydrogens (tertiary/aromatic N) is 1. The van der Waals surface area contributed by atoms with Crippen molar-refractivity contribution in [3.8, 4) is 0 Å². The lowest BCUT2D eigenvalue weighted by atomic mass is 9.96. The Balaban J connectivity index is 4.14. The van der Waals surface area contributed by atoms with Crippen LogP contribution in [0.25, 0.3) is 4.85 Å². The molecule has 0 heterocycles. The van der Waals surface area contributed by atoms with Crippen LogP contribution >= 0.6 is 0 Å². The molecule has 0 rings (SSSR count). The topological polar surface area (TPSA) is 41.7 Å². The molecule has 1 unspecified atom stereocenters. The number of carbonyl (C=O) groups is 1. The molecule has 0 fully saturated rings. The van der Waals surface area contributed by atoms with Crippen molar-refractivity contribution < 1.29 is 9.90 Å². The summed E-state index contributed by atoms with van der Waals surface area (Å²) < 4.78 is 0. The molecule has 0 bridgehead atoms. The lowest BCUT2D eigenvalue weighted by Gasteiger charge is -2.09. The van der Waals surface area contributed by atoms with Crippen molar-refractivity contribution in [2.75, 3.05) is 0 Å². The molecule has 1 atom stereocenters. The minimum atomic E-state index is -1.20. The summed E-state index contributed by atoms with van der Waals surface area (Å²) >= 11 is 0. The fourth-order valence-corrected chi connectivity index (χ4v) is 0.732. The molecule has 0 saturated carbocycles. The second-order valence-corrected chi connectivity index (χ2v) is 2.79. The van der Waals surface area contributed by atoms with Gasteiger partial charge in [0.15, 0.2) is 0 Å². The SMILES string of the molecule is [C-]#[N+]C(C)(CCCC)C(=O)O. The minimum absolute atomic E-state index is 0.447. The average molecular weight is 155 g/mol. The fraction of sp³-hybridized carbons (Fsp3) is 0.750. The van der Waals surface area contributed by atoms with Gasteiger partial charge in [-0.25, -0.2) is 11.4 Å². The van der Waals surface area contributed by atoms with Crippen molar-refractivity contribution in [2.45, 2.75) is 38.6 Å². The Hall–Kier alpha value is -1.04. The van der Waals surface area contributed by atoms with Crippen LogP contribution in [0.4, 0.5) is 0 Å². The summed E-state index contributed by atoms with van der Waals surface area (Å²) in [7, 11) is 0. The monoisotopic (exact) mass is 155 g/mol. The third kappa shape index (κ3) is 2.58. The normalized spacial score (nSPS) is 15.0. The Kier molecular flexibility index (Phi) is 3.59. The Labute approximate surface area is 66.9 Å². The molecule has 3 heteroatoms. The molecule has 0 saturated heterocycles. The van der Waals surface area contributed by atoms with Crippen LogP contribution in [0.1, 0.15) is 33.1 Å². The van der Waals surface area contributed by atoms with Gasteiger partial charge >= 0.3 is 11.5 Å². The zero-order chi connectivity index (χ0) is 8.91. The second-order valence-electron chi connectivity index (χ2n) is 2.79. The highest BCUT2D eigenvalue weighted by molar-refractivity contribution is 5.80. The fourth-order valence-electron chi connectivity index (χ4n) is 0.732. The molecule has 0 aromatic rings. The van der Waals surface area contributed by atoms with Crippen LogP contribution in [-0.4, -0.2) is 16.6 Å². The van der Waals surface area contributed by atoms with Crippen LogP contribution in [0, 0.1) is 6.57 Å². The molecule has 62 valence electrons. The first-order chi connectivity index (χ1) is 5.06. The van der Waals surface area contributed by atoms with E-state index in [1.54, 1.807) is 0 Å². The van der Waals surface area contributed by atoms with Gasteiger partial charge in [-0.3, -0.25) is 4.85 Å². The summed E-state index contributed by atoms with van der Waals surface area (Å²) in [6, 6.07) is 0. The number of carboxylic acids is 1. The van der Waals surface area contributed by atoms with E-state index in [0.29, 0.717) is 6.42 Å². The van der Waals surface area contributed by atoms with Gasteiger partial charge in [0, 0.05) is 13.3 Å². The first-order valence-electron chi connectivity index (χ1n) is 3.69. The number of unbranched alkanes of at least 4 members (excludes halogenated alkanes) is 1. The summed E-state index contributed by atoms with van der Waals surface area (Å²) in [6.45, 7) is 10.2. The van der Waals surface area contributed by atoms with Gasteiger partial charge in [0.05, 0.1) is 0 Å². The van der Waals surface area contributed by atoms with E-state index < -0.39 is 11.5 Å². The highest BCUT2D eigenvalue weighted by Crippen LogP contribution is 2.18. The molecule has 0 amide bonds. The molecular formula is C8H13NO2. The predicted molar refractivity (Wildman–Crippen MR) is 42.2 cm³/mol.